The first-order chi connectivity index (χ1) is 11.3. The zero-order valence-electron chi connectivity index (χ0n) is 14.7. The number of aromatic nitrogens is 1. The number of piperidine rings is 1. The highest BCUT2D eigenvalue weighted by molar-refractivity contribution is 7.89. The Bertz CT molecular complexity index is 657. The lowest BCUT2D eigenvalue weighted by molar-refractivity contribution is -0.0500. The predicted octanol–water partition coefficient (Wildman–Crippen LogP) is 1.59. The summed E-state index contributed by atoms with van der Waals surface area (Å²) in [5.74, 6) is 1.09. The van der Waals surface area contributed by atoms with Gasteiger partial charge in [0.15, 0.2) is 0 Å². The molecule has 3 heterocycles. The van der Waals surface area contributed by atoms with E-state index in [1.165, 1.54) is 0 Å². The smallest absolute Gasteiger partial charge is 0.216 e. The molecule has 0 amide bonds. The maximum Gasteiger partial charge on any atom is 0.216 e. The quantitative estimate of drug-likeness (QED) is 0.804. The summed E-state index contributed by atoms with van der Waals surface area (Å²) >= 11 is 0. The van der Waals surface area contributed by atoms with Crippen LogP contribution in [0.2, 0.25) is 0 Å². The molecule has 2 saturated heterocycles. The van der Waals surface area contributed by atoms with Crippen LogP contribution in [0.25, 0.3) is 0 Å². The maximum absolute atomic E-state index is 12.3. The number of hydrogen-bond donors (Lipinski definition) is 0. The predicted molar refractivity (Wildman–Crippen MR) is 93.4 cm³/mol. The van der Waals surface area contributed by atoms with Gasteiger partial charge in [0, 0.05) is 30.9 Å². The van der Waals surface area contributed by atoms with Crippen molar-refractivity contribution < 1.29 is 13.2 Å². The first-order valence-electron chi connectivity index (χ1n) is 8.57. The van der Waals surface area contributed by atoms with Gasteiger partial charge in [-0.1, -0.05) is 6.07 Å². The molecule has 2 aliphatic rings. The van der Waals surface area contributed by atoms with Crippen LogP contribution in [0.5, 0.6) is 5.88 Å². The van der Waals surface area contributed by atoms with Crippen molar-refractivity contribution in [3.8, 4) is 5.88 Å². The van der Waals surface area contributed by atoms with Crippen molar-refractivity contribution >= 4 is 10.0 Å². The maximum atomic E-state index is 12.3. The molecule has 0 radical (unpaired) electrons. The Morgan fingerprint density at radius 2 is 2.12 bits per heavy atom. The van der Waals surface area contributed by atoms with Crippen LogP contribution in [0, 0.1) is 5.92 Å². The highest BCUT2D eigenvalue weighted by atomic mass is 32.2. The average Bonchev–Trinajstić information content (AvgIpc) is 2.52. The van der Waals surface area contributed by atoms with Crippen molar-refractivity contribution in [3.05, 3.63) is 24.4 Å². The van der Waals surface area contributed by atoms with E-state index in [0.29, 0.717) is 31.5 Å². The molecule has 1 aromatic heterocycles. The second kappa shape index (κ2) is 6.61. The lowest BCUT2D eigenvalue weighted by Gasteiger charge is -2.58. The Morgan fingerprint density at radius 1 is 1.38 bits per heavy atom. The molecule has 2 fully saturated rings. The topological polar surface area (TPSA) is 62.7 Å². The normalized spacial score (nSPS) is 24.9. The molecule has 0 saturated carbocycles. The zero-order chi connectivity index (χ0) is 17.4. The van der Waals surface area contributed by atoms with E-state index < -0.39 is 10.0 Å². The molecule has 1 spiro atoms. The minimum Gasteiger partial charge on any atom is -0.477 e. The Labute approximate surface area is 144 Å². The van der Waals surface area contributed by atoms with E-state index in [9.17, 15) is 8.42 Å². The Balaban J connectivity index is 1.59. The third-order valence-electron chi connectivity index (χ3n) is 5.35. The Hall–Kier alpha value is -1.18. The number of pyridine rings is 1. The molecule has 134 valence electrons. The van der Waals surface area contributed by atoms with Crippen molar-refractivity contribution in [2.75, 3.05) is 33.3 Å². The summed E-state index contributed by atoms with van der Waals surface area (Å²) in [5, 5.41) is -0.355. The van der Waals surface area contributed by atoms with Gasteiger partial charge < -0.3 is 4.74 Å². The summed E-state index contributed by atoms with van der Waals surface area (Å²) in [6, 6.07) is 5.65. The second-order valence-electron chi connectivity index (χ2n) is 7.35. The third-order valence-corrected chi connectivity index (χ3v) is 7.52. The molecule has 0 bridgehead atoms. The third kappa shape index (κ3) is 3.30. The van der Waals surface area contributed by atoms with Gasteiger partial charge in [0.1, 0.15) is 0 Å². The summed E-state index contributed by atoms with van der Waals surface area (Å²) in [5.41, 5.74) is -0.0294. The number of likely N-dealkylation sites (tertiary alicyclic amines) is 1. The summed E-state index contributed by atoms with van der Waals surface area (Å²) in [4.78, 5) is 6.52. The SMILES string of the molecule is CC(C)S(=O)(=O)N1CC2(CC(COc3ccccn3)CCN2C)C1. The van der Waals surface area contributed by atoms with Gasteiger partial charge in [-0.05, 0) is 52.3 Å². The van der Waals surface area contributed by atoms with Crippen LogP contribution < -0.4 is 4.74 Å². The first-order valence-corrected chi connectivity index (χ1v) is 10.1. The van der Waals surface area contributed by atoms with Gasteiger partial charge in [-0.3, -0.25) is 4.90 Å². The first kappa shape index (κ1) is 17.6. The van der Waals surface area contributed by atoms with E-state index in [4.69, 9.17) is 4.74 Å². The van der Waals surface area contributed by atoms with Gasteiger partial charge in [0.05, 0.1) is 11.9 Å². The number of ether oxygens (including phenoxy) is 1. The van der Waals surface area contributed by atoms with Gasteiger partial charge in [0.2, 0.25) is 15.9 Å². The Kier molecular flexibility index (Phi) is 4.86. The van der Waals surface area contributed by atoms with E-state index >= 15 is 0 Å². The summed E-state index contributed by atoms with van der Waals surface area (Å²) in [6.07, 6.45) is 3.77. The van der Waals surface area contributed by atoms with Gasteiger partial charge in [0.25, 0.3) is 0 Å². The van der Waals surface area contributed by atoms with E-state index in [2.05, 4.69) is 16.9 Å². The number of likely N-dealkylation sites (N-methyl/N-ethyl adjacent to an activating group) is 1. The summed E-state index contributed by atoms with van der Waals surface area (Å²) in [6.45, 7) is 6.31. The summed E-state index contributed by atoms with van der Waals surface area (Å²) < 4.78 is 32.1. The van der Waals surface area contributed by atoms with Crippen LogP contribution in [-0.4, -0.2) is 66.7 Å². The van der Waals surface area contributed by atoms with Gasteiger partial charge in [-0.2, -0.15) is 4.31 Å². The molecule has 2 aliphatic heterocycles. The molecule has 1 atom stereocenters. The largest absolute Gasteiger partial charge is 0.477 e. The van der Waals surface area contributed by atoms with E-state index in [1.54, 1.807) is 24.3 Å². The average molecular weight is 353 g/mol. The molecular weight excluding hydrogens is 326 g/mol. The van der Waals surface area contributed by atoms with Crippen molar-refractivity contribution in [3.63, 3.8) is 0 Å². The number of rotatable bonds is 5. The van der Waals surface area contributed by atoms with E-state index in [0.717, 1.165) is 19.4 Å². The molecule has 24 heavy (non-hydrogen) atoms. The van der Waals surface area contributed by atoms with Crippen molar-refractivity contribution in [1.29, 1.82) is 0 Å². The fraction of sp³-hybridized carbons (Fsp3) is 0.706. The summed E-state index contributed by atoms with van der Waals surface area (Å²) in [7, 11) is -1.04. The fourth-order valence-corrected chi connectivity index (χ4v) is 5.08. The minimum atomic E-state index is -3.15. The van der Waals surface area contributed by atoms with Gasteiger partial charge in [-0.15, -0.1) is 0 Å². The molecule has 7 heteroatoms. The highest BCUT2D eigenvalue weighted by Gasteiger charge is 2.53. The van der Waals surface area contributed by atoms with Crippen LogP contribution in [-0.2, 0) is 10.0 Å². The Morgan fingerprint density at radius 3 is 2.75 bits per heavy atom. The monoisotopic (exact) mass is 353 g/mol. The molecule has 0 N–H and O–H groups in total. The molecule has 1 aromatic rings. The lowest BCUT2D eigenvalue weighted by atomic mass is 9.77. The van der Waals surface area contributed by atoms with E-state index in [1.807, 2.05) is 18.2 Å². The number of sulfonamides is 1. The van der Waals surface area contributed by atoms with Crippen molar-refractivity contribution in [2.45, 2.75) is 37.5 Å². The molecule has 0 aromatic carbocycles. The van der Waals surface area contributed by atoms with Crippen LogP contribution in [0.15, 0.2) is 24.4 Å². The lowest BCUT2D eigenvalue weighted by Crippen LogP contribution is -2.73. The van der Waals surface area contributed by atoms with Crippen LogP contribution in [0.4, 0.5) is 0 Å². The van der Waals surface area contributed by atoms with Crippen LogP contribution >= 0.6 is 0 Å². The number of nitrogens with zero attached hydrogens (tertiary/aromatic N) is 3. The standard InChI is InChI=1S/C17H27N3O3S/c1-14(2)24(21,22)20-12-17(13-20)10-15(7-9-19(17)3)11-23-16-6-4-5-8-18-16/h4-6,8,14-15H,7,9-13H2,1-3H3. The van der Waals surface area contributed by atoms with Gasteiger partial charge >= 0.3 is 0 Å². The zero-order valence-corrected chi connectivity index (χ0v) is 15.5. The second-order valence-corrected chi connectivity index (χ2v) is 9.83. The molecule has 6 nitrogen and oxygen atoms in total. The van der Waals surface area contributed by atoms with Crippen molar-refractivity contribution in [1.82, 2.24) is 14.2 Å². The fourth-order valence-electron chi connectivity index (χ4n) is 3.65. The van der Waals surface area contributed by atoms with Crippen molar-refractivity contribution in [2.24, 2.45) is 5.92 Å². The minimum absolute atomic E-state index is 0.0294. The van der Waals surface area contributed by atoms with Crippen LogP contribution in [0.1, 0.15) is 26.7 Å². The molecule has 1 unspecified atom stereocenters. The highest BCUT2D eigenvalue weighted by Crippen LogP contribution is 2.40. The van der Waals surface area contributed by atoms with Crippen LogP contribution in [0.3, 0.4) is 0 Å². The number of hydrogen-bond acceptors (Lipinski definition) is 5. The van der Waals surface area contributed by atoms with Gasteiger partial charge in [-0.25, -0.2) is 13.4 Å². The molecule has 3 rings (SSSR count). The molecule has 0 aliphatic carbocycles. The molecular formula is C17H27N3O3S. The van der Waals surface area contributed by atoms with E-state index in [-0.39, 0.29) is 10.8 Å².